The molecule has 1 aromatic heterocycles. The van der Waals surface area contributed by atoms with E-state index >= 15 is 0 Å². The number of pyridine rings is 1. The van der Waals surface area contributed by atoms with Gasteiger partial charge in [-0.1, -0.05) is 6.07 Å². The van der Waals surface area contributed by atoms with E-state index in [-0.39, 0.29) is 11.4 Å². The van der Waals surface area contributed by atoms with Crippen molar-refractivity contribution in [1.29, 1.82) is 0 Å². The van der Waals surface area contributed by atoms with Crippen LogP contribution in [0.4, 0.5) is 5.69 Å². The molecule has 2 aromatic rings. The molecule has 0 atom stereocenters. The third-order valence-electron chi connectivity index (χ3n) is 2.00. The average Bonchev–Trinajstić information content (AvgIpc) is 2.19. The van der Waals surface area contributed by atoms with Crippen LogP contribution >= 0.6 is 15.9 Å². The van der Waals surface area contributed by atoms with Crippen LogP contribution in [0.1, 0.15) is 0 Å². The van der Waals surface area contributed by atoms with Gasteiger partial charge in [-0.15, -0.1) is 0 Å². The molecule has 0 spiro atoms. The number of rotatable bonds is 1. The van der Waals surface area contributed by atoms with Gasteiger partial charge in [0.05, 0.1) is 15.8 Å². The molecule has 0 saturated carbocycles. The Kier molecular flexibility index (Phi) is 2.28. The molecular formula is C9H5BrN2O3. The van der Waals surface area contributed by atoms with E-state index in [1.165, 1.54) is 0 Å². The minimum absolute atomic E-state index is 0.355. The molecule has 0 aliphatic heterocycles. The van der Waals surface area contributed by atoms with Crippen LogP contribution in [-0.4, -0.2) is 15.0 Å². The van der Waals surface area contributed by atoms with Crippen LogP contribution in [0, 0.1) is 10.1 Å². The van der Waals surface area contributed by atoms with Crippen molar-refractivity contribution in [1.82, 2.24) is 4.98 Å². The lowest BCUT2D eigenvalue weighted by Crippen LogP contribution is -1.91. The van der Waals surface area contributed by atoms with E-state index in [4.69, 9.17) is 0 Å². The normalized spacial score (nSPS) is 10.5. The summed E-state index contributed by atoms with van der Waals surface area (Å²) in [6.45, 7) is 0. The van der Waals surface area contributed by atoms with Crippen LogP contribution < -0.4 is 0 Å². The number of hydrogen-bond donors (Lipinski definition) is 1. The number of aromatic nitrogens is 1. The Labute approximate surface area is 92.6 Å². The van der Waals surface area contributed by atoms with Crippen molar-refractivity contribution >= 4 is 32.5 Å². The smallest absolute Gasteiger partial charge is 0.329 e. The predicted molar refractivity (Wildman–Crippen MR) is 57.8 cm³/mol. The van der Waals surface area contributed by atoms with Crippen molar-refractivity contribution in [3.63, 3.8) is 0 Å². The van der Waals surface area contributed by atoms with Crippen LogP contribution in [0.25, 0.3) is 10.9 Å². The lowest BCUT2D eigenvalue weighted by molar-refractivity contribution is -0.386. The summed E-state index contributed by atoms with van der Waals surface area (Å²) in [7, 11) is 0. The molecule has 15 heavy (non-hydrogen) atoms. The molecule has 1 N–H and O–H groups in total. The van der Waals surface area contributed by atoms with Gasteiger partial charge >= 0.3 is 5.69 Å². The number of benzene rings is 1. The quantitative estimate of drug-likeness (QED) is 0.637. The Morgan fingerprint density at radius 1 is 1.47 bits per heavy atom. The summed E-state index contributed by atoms with van der Waals surface area (Å²) in [5, 5.41) is 20.5. The molecule has 0 bridgehead atoms. The largest absolute Gasteiger partial charge is 0.502 e. The second-order valence-corrected chi connectivity index (χ2v) is 3.74. The molecule has 76 valence electrons. The maximum atomic E-state index is 10.5. The molecule has 1 heterocycles. The fourth-order valence-corrected chi connectivity index (χ4v) is 1.76. The van der Waals surface area contributed by atoms with E-state index < -0.39 is 4.92 Å². The van der Waals surface area contributed by atoms with E-state index in [9.17, 15) is 15.2 Å². The van der Waals surface area contributed by atoms with Gasteiger partial charge in [-0.2, -0.15) is 0 Å². The van der Waals surface area contributed by atoms with Gasteiger partial charge in [0.1, 0.15) is 6.20 Å². The summed E-state index contributed by atoms with van der Waals surface area (Å²) in [4.78, 5) is 13.8. The third kappa shape index (κ3) is 1.52. The zero-order valence-electron chi connectivity index (χ0n) is 7.35. The molecule has 0 unspecified atom stereocenters. The highest BCUT2D eigenvalue weighted by atomic mass is 79.9. The van der Waals surface area contributed by atoms with Gasteiger partial charge in [-0.05, 0) is 28.1 Å². The summed E-state index contributed by atoms with van der Waals surface area (Å²) in [5.41, 5.74) is 0.112. The first-order valence-corrected chi connectivity index (χ1v) is 4.81. The maximum Gasteiger partial charge on any atom is 0.329 e. The van der Waals surface area contributed by atoms with Gasteiger partial charge in [0.2, 0.25) is 5.75 Å². The van der Waals surface area contributed by atoms with Crippen LogP contribution in [0.15, 0.2) is 28.9 Å². The zero-order chi connectivity index (χ0) is 11.0. The van der Waals surface area contributed by atoms with Crippen molar-refractivity contribution in [3.8, 4) is 5.75 Å². The fourth-order valence-electron chi connectivity index (χ4n) is 1.30. The molecule has 0 saturated heterocycles. The van der Waals surface area contributed by atoms with Crippen LogP contribution in [-0.2, 0) is 0 Å². The molecule has 2 rings (SSSR count). The molecule has 1 aromatic carbocycles. The Morgan fingerprint density at radius 2 is 2.20 bits per heavy atom. The first-order valence-electron chi connectivity index (χ1n) is 4.02. The van der Waals surface area contributed by atoms with E-state index in [2.05, 4.69) is 20.9 Å². The van der Waals surface area contributed by atoms with Gasteiger partial charge < -0.3 is 5.11 Å². The molecule has 0 aliphatic rings. The maximum absolute atomic E-state index is 10.5. The topological polar surface area (TPSA) is 76.3 Å². The summed E-state index contributed by atoms with van der Waals surface area (Å²) < 4.78 is 0.685. The first kappa shape index (κ1) is 9.85. The second kappa shape index (κ2) is 3.47. The highest BCUT2D eigenvalue weighted by molar-refractivity contribution is 9.10. The Hall–Kier alpha value is -1.69. The van der Waals surface area contributed by atoms with Crippen LogP contribution in [0.2, 0.25) is 0 Å². The third-order valence-corrected chi connectivity index (χ3v) is 2.64. The Balaban J connectivity index is 2.86. The molecule has 5 nitrogen and oxygen atoms in total. The molecule has 0 amide bonds. The summed E-state index contributed by atoms with van der Waals surface area (Å²) in [6.07, 6.45) is 1.04. The molecule has 0 fully saturated rings. The summed E-state index contributed by atoms with van der Waals surface area (Å²) >= 11 is 3.25. The minimum Gasteiger partial charge on any atom is -0.502 e. The standard InChI is InChI=1S/C9H5BrN2O3/c10-6-3-1-2-5-8(6)11-4-7(9(5)13)12(14)15/h1-4H,(H,11,13). The average molecular weight is 269 g/mol. The van der Waals surface area contributed by atoms with E-state index in [0.29, 0.717) is 15.4 Å². The van der Waals surface area contributed by atoms with Crippen molar-refractivity contribution in [3.05, 3.63) is 39.0 Å². The van der Waals surface area contributed by atoms with Crippen molar-refractivity contribution in [2.45, 2.75) is 0 Å². The van der Waals surface area contributed by atoms with Gasteiger partial charge in [-0.25, -0.2) is 4.98 Å². The number of halogens is 1. The summed E-state index contributed by atoms with van der Waals surface area (Å²) in [6, 6.07) is 5.01. The van der Waals surface area contributed by atoms with Crippen molar-refractivity contribution in [2.24, 2.45) is 0 Å². The Morgan fingerprint density at radius 3 is 2.87 bits per heavy atom. The van der Waals surface area contributed by atoms with E-state index in [1.807, 2.05) is 0 Å². The van der Waals surface area contributed by atoms with Crippen molar-refractivity contribution in [2.75, 3.05) is 0 Å². The van der Waals surface area contributed by atoms with Gasteiger partial charge in [0, 0.05) is 4.47 Å². The van der Waals surface area contributed by atoms with E-state index in [1.54, 1.807) is 18.2 Å². The highest BCUT2D eigenvalue weighted by Gasteiger charge is 2.17. The number of nitro groups is 1. The monoisotopic (exact) mass is 268 g/mol. The molecular weight excluding hydrogens is 264 g/mol. The summed E-state index contributed by atoms with van der Waals surface area (Å²) in [5.74, 6) is -0.355. The van der Waals surface area contributed by atoms with Crippen molar-refractivity contribution < 1.29 is 10.0 Å². The van der Waals surface area contributed by atoms with Gasteiger partial charge in [-0.3, -0.25) is 10.1 Å². The van der Waals surface area contributed by atoms with Crippen LogP contribution in [0.5, 0.6) is 5.75 Å². The minimum atomic E-state index is -0.664. The lowest BCUT2D eigenvalue weighted by Gasteiger charge is -2.02. The number of fused-ring (bicyclic) bond motifs is 1. The van der Waals surface area contributed by atoms with E-state index in [0.717, 1.165) is 6.20 Å². The molecule has 0 aliphatic carbocycles. The van der Waals surface area contributed by atoms with Crippen LogP contribution in [0.3, 0.4) is 0 Å². The number of aromatic hydroxyl groups is 1. The van der Waals surface area contributed by atoms with Gasteiger partial charge in [0.15, 0.2) is 0 Å². The molecule has 0 radical (unpaired) electrons. The SMILES string of the molecule is O=[N+]([O-])c1cnc2c(Br)cccc2c1O. The lowest BCUT2D eigenvalue weighted by atomic mass is 10.2. The second-order valence-electron chi connectivity index (χ2n) is 2.89. The number of hydrogen-bond acceptors (Lipinski definition) is 4. The van der Waals surface area contributed by atoms with Gasteiger partial charge in [0.25, 0.3) is 0 Å². The number of para-hydroxylation sites is 1. The first-order chi connectivity index (χ1) is 7.11. The highest BCUT2D eigenvalue weighted by Crippen LogP contribution is 2.34. The Bertz CT molecular complexity index is 556. The zero-order valence-corrected chi connectivity index (χ0v) is 8.93. The molecule has 6 heteroatoms. The fraction of sp³-hybridized carbons (Fsp3) is 0. The number of nitrogens with zero attached hydrogens (tertiary/aromatic N) is 2. The predicted octanol–water partition coefficient (Wildman–Crippen LogP) is 2.61.